The van der Waals surface area contributed by atoms with Gasteiger partial charge in [0.2, 0.25) is 11.8 Å². The summed E-state index contributed by atoms with van der Waals surface area (Å²) in [4.78, 5) is 71.5. The van der Waals surface area contributed by atoms with Crippen LogP contribution in [0.5, 0.6) is 11.5 Å². The Labute approximate surface area is 263 Å². The number of methoxy groups -OCH3 is 3. The van der Waals surface area contributed by atoms with Crippen molar-refractivity contribution in [2.45, 2.75) is 24.9 Å². The fourth-order valence-electron chi connectivity index (χ4n) is 6.84. The molecule has 2 saturated heterocycles. The number of aliphatic carboxylic acids is 1. The number of ether oxygens (including phenoxy) is 3. The first-order valence-corrected chi connectivity index (χ1v) is 14.5. The van der Waals surface area contributed by atoms with Gasteiger partial charge in [0.15, 0.2) is 5.78 Å². The van der Waals surface area contributed by atoms with Gasteiger partial charge in [0, 0.05) is 41.2 Å². The molecule has 2 fully saturated rings. The van der Waals surface area contributed by atoms with E-state index in [2.05, 4.69) is 10.3 Å². The molecule has 236 valence electrons. The number of carboxylic acid groups (broad SMARTS) is 1. The fraction of sp³-hybridized carbons (Fsp3) is 0.265. The number of para-hydroxylation sites is 1. The summed E-state index contributed by atoms with van der Waals surface area (Å²) in [6.07, 6.45) is 1.52. The Morgan fingerprint density at radius 3 is 2.30 bits per heavy atom. The van der Waals surface area contributed by atoms with Gasteiger partial charge in [0.05, 0.1) is 38.9 Å². The van der Waals surface area contributed by atoms with Gasteiger partial charge in [-0.2, -0.15) is 0 Å². The maximum atomic E-state index is 14.4. The molecular formula is C34H31N3O9. The van der Waals surface area contributed by atoms with Crippen molar-refractivity contribution in [2.75, 3.05) is 26.2 Å². The normalized spacial score (nSPS) is 22.2. The lowest BCUT2D eigenvalue weighted by Crippen LogP contribution is -2.57. The molecular weight excluding hydrogens is 594 g/mol. The Bertz CT molecular complexity index is 1910. The van der Waals surface area contributed by atoms with E-state index in [-0.39, 0.29) is 40.5 Å². The largest absolute Gasteiger partial charge is 0.497 e. The van der Waals surface area contributed by atoms with Gasteiger partial charge in [-0.15, -0.1) is 0 Å². The fourth-order valence-corrected chi connectivity index (χ4v) is 6.84. The van der Waals surface area contributed by atoms with E-state index in [9.17, 15) is 29.1 Å². The number of fused-ring (bicyclic) bond motifs is 2. The zero-order valence-electron chi connectivity index (χ0n) is 25.5. The number of aromatic nitrogens is 1. The molecule has 0 saturated carbocycles. The van der Waals surface area contributed by atoms with Gasteiger partial charge in [0.1, 0.15) is 22.6 Å². The first-order chi connectivity index (χ1) is 22.1. The molecule has 4 unspecified atom stereocenters. The molecule has 12 heteroatoms. The van der Waals surface area contributed by atoms with Crippen molar-refractivity contribution < 1.29 is 43.3 Å². The smallest absolute Gasteiger partial charge is 0.341 e. The van der Waals surface area contributed by atoms with Crippen molar-refractivity contribution in [3.8, 4) is 11.5 Å². The summed E-state index contributed by atoms with van der Waals surface area (Å²) >= 11 is 0. The van der Waals surface area contributed by atoms with Crippen molar-refractivity contribution in [1.82, 2.24) is 10.3 Å². The highest BCUT2D eigenvalue weighted by atomic mass is 16.5. The third-order valence-corrected chi connectivity index (χ3v) is 9.00. The first-order valence-electron chi connectivity index (χ1n) is 14.5. The number of imide groups is 1. The van der Waals surface area contributed by atoms with Crippen molar-refractivity contribution in [1.29, 1.82) is 0 Å². The number of carboxylic acids is 1. The van der Waals surface area contributed by atoms with Crippen LogP contribution in [0.15, 0.2) is 66.9 Å². The molecule has 0 aliphatic carbocycles. The van der Waals surface area contributed by atoms with E-state index in [1.54, 1.807) is 6.20 Å². The van der Waals surface area contributed by atoms with Crippen LogP contribution in [0.2, 0.25) is 0 Å². The summed E-state index contributed by atoms with van der Waals surface area (Å²) in [6.45, 7) is 1.40. The molecule has 3 heterocycles. The topological polar surface area (TPSA) is 164 Å². The Morgan fingerprint density at radius 1 is 0.957 bits per heavy atom. The van der Waals surface area contributed by atoms with Crippen LogP contribution in [0.1, 0.15) is 44.8 Å². The van der Waals surface area contributed by atoms with Gasteiger partial charge >= 0.3 is 11.9 Å². The molecule has 46 heavy (non-hydrogen) atoms. The van der Waals surface area contributed by atoms with Crippen LogP contribution in [0.4, 0.5) is 5.69 Å². The Hall–Kier alpha value is -5.49. The van der Waals surface area contributed by atoms with E-state index in [1.165, 1.54) is 64.7 Å². The minimum Gasteiger partial charge on any atom is -0.497 e. The third kappa shape index (κ3) is 4.60. The van der Waals surface area contributed by atoms with E-state index in [0.717, 1.165) is 15.8 Å². The molecule has 12 nitrogen and oxygen atoms in total. The maximum absolute atomic E-state index is 14.4. The van der Waals surface area contributed by atoms with Crippen LogP contribution in [-0.4, -0.2) is 66.5 Å². The molecule has 4 aromatic rings. The average Bonchev–Trinajstić information content (AvgIpc) is 3.71. The number of nitrogens with one attached hydrogen (secondary N) is 2. The molecule has 3 aromatic carbocycles. The van der Waals surface area contributed by atoms with Crippen LogP contribution in [-0.2, 0) is 25.5 Å². The van der Waals surface area contributed by atoms with Crippen molar-refractivity contribution in [3.63, 3.8) is 0 Å². The zero-order chi connectivity index (χ0) is 32.9. The van der Waals surface area contributed by atoms with E-state index < -0.39 is 47.2 Å². The number of nitrogens with zero attached hydrogens (tertiary/aromatic N) is 1. The van der Waals surface area contributed by atoms with Crippen LogP contribution in [0.25, 0.3) is 10.9 Å². The highest BCUT2D eigenvalue weighted by molar-refractivity contribution is 6.24. The Kier molecular flexibility index (Phi) is 7.61. The Morgan fingerprint density at radius 2 is 1.67 bits per heavy atom. The number of amides is 2. The molecule has 2 aliphatic heterocycles. The van der Waals surface area contributed by atoms with Crippen LogP contribution >= 0.6 is 0 Å². The summed E-state index contributed by atoms with van der Waals surface area (Å²) in [5, 5.41) is 14.9. The summed E-state index contributed by atoms with van der Waals surface area (Å²) in [5.41, 5.74) is 0.102. The highest BCUT2D eigenvalue weighted by Gasteiger charge is 2.69. The average molecular weight is 626 g/mol. The predicted molar refractivity (Wildman–Crippen MR) is 165 cm³/mol. The zero-order valence-corrected chi connectivity index (χ0v) is 25.5. The second-order valence-corrected chi connectivity index (χ2v) is 11.3. The molecule has 0 spiro atoms. The highest BCUT2D eigenvalue weighted by Crippen LogP contribution is 2.53. The molecule has 0 bridgehead atoms. The van der Waals surface area contributed by atoms with Crippen molar-refractivity contribution in [3.05, 3.63) is 89.1 Å². The Balaban J connectivity index is 1.58. The first kappa shape index (κ1) is 30.5. The number of ketones is 1. The minimum absolute atomic E-state index is 0.0418. The van der Waals surface area contributed by atoms with Gasteiger partial charge in [0.25, 0.3) is 0 Å². The summed E-state index contributed by atoms with van der Waals surface area (Å²) in [6, 6.07) is 15.1. The van der Waals surface area contributed by atoms with Crippen molar-refractivity contribution in [2.24, 2.45) is 11.8 Å². The number of hydrogen-bond acceptors (Lipinski definition) is 9. The van der Waals surface area contributed by atoms with Crippen molar-refractivity contribution >= 4 is 46.1 Å². The monoisotopic (exact) mass is 625 g/mol. The second-order valence-electron chi connectivity index (χ2n) is 11.3. The number of benzene rings is 3. The van der Waals surface area contributed by atoms with Crippen LogP contribution in [0, 0.1) is 11.8 Å². The van der Waals surface area contributed by atoms with E-state index in [4.69, 9.17) is 14.2 Å². The quantitative estimate of drug-likeness (QED) is 0.142. The number of Topliss-reactive ketones (excluding diaryl/α,β-unsaturated/α-hetero) is 1. The molecule has 3 N–H and O–H groups in total. The lowest BCUT2D eigenvalue weighted by Gasteiger charge is -2.31. The number of rotatable bonds is 9. The number of carbonyl (C=O) groups is 5. The number of anilines is 1. The van der Waals surface area contributed by atoms with Gasteiger partial charge in [-0.1, -0.05) is 18.2 Å². The summed E-state index contributed by atoms with van der Waals surface area (Å²) in [7, 11) is 3.96. The predicted octanol–water partition coefficient (Wildman–Crippen LogP) is 3.69. The molecule has 2 amide bonds. The lowest BCUT2D eigenvalue weighted by molar-refractivity contribution is -0.148. The van der Waals surface area contributed by atoms with Gasteiger partial charge in [-0.05, 0) is 54.4 Å². The number of H-pyrrole nitrogens is 1. The minimum atomic E-state index is -2.00. The third-order valence-electron chi connectivity index (χ3n) is 9.00. The number of hydrogen-bond donors (Lipinski definition) is 3. The van der Waals surface area contributed by atoms with E-state index >= 15 is 0 Å². The second kappa shape index (κ2) is 11.5. The molecule has 4 atom stereocenters. The number of carbonyl (C=O) groups excluding carboxylic acids is 4. The maximum Gasteiger partial charge on any atom is 0.341 e. The van der Waals surface area contributed by atoms with Gasteiger partial charge < -0.3 is 24.3 Å². The van der Waals surface area contributed by atoms with E-state index in [0.29, 0.717) is 11.1 Å². The summed E-state index contributed by atoms with van der Waals surface area (Å²) in [5.74, 6) is -6.02. The lowest BCUT2D eigenvalue weighted by atomic mass is 9.76. The molecule has 6 rings (SSSR count). The van der Waals surface area contributed by atoms with Gasteiger partial charge in [-0.3, -0.25) is 24.5 Å². The van der Waals surface area contributed by atoms with Crippen LogP contribution < -0.4 is 19.7 Å². The van der Waals surface area contributed by atoms with Gasteiger partial charge in [-0.25, -0.2) is 9.69 Å². The molecule has 1 aromatic heterocycles. The SMILES string of the molecule is COC(=O)c1c(OC)cc(OC)cc1C1NC(Cc2c[nH]c3ccccc23)(C(=O)O)C2C(=O)N(c3ccc(C(C)=O)cc3)C(=O)C12. The standard InChI is InChI=1S/C34H31N3O9/c1-17(38)18-9-11-20(12-10-18)37-30(39)27-28(31(37)40)34(33(42)43,15-19-16-35-24-8-6-5-7-22(19)24)36-29(27)23-13-21(44-2)14-25(45-3)26(23)32(41)46-4/h5-14,16,27-29,35-36H,15H2,1-4H3,(H,42,43). The number of aromatic amines is 1. The summed E-state index contributed by atoms with van der Waals surface area (Å²) < 4.78 is 16.0. The molecule has 0 radical (unpaired) electrons. The molecule has 2 aliphatic rings. The number of esters is 1. The van der Waals surface area contributed by atoms with Crippen LogP contribution in [0.3, 0.4) is 0 Å². The van der Waals surface area contributed by atoms with E-state index in [1.807, 2.05) is 24.3 Å².